The lowest BCUT2D eigenvalue weighted by atomic mass is 10.2. The predicted molar refractivity (Wildman–Crippen MR) is 66.0 cm³/mol. The van der Waals surface area contributed by atoms with Crippen molar-refractivity contribution in [1.29, 1.82) is 0 Å². The van der Waals surface area contributed by atoms with Crippen molar-refractivity contribution in [3.8, 4) is 5.75 Å². The second kappa shape index (κ2) is 4.15. The van der Waals surface area contributed by atoms with Gasteiger partial charge in [0.1, 0.15) is 17.5 Å². The number of aromatic hydroxyl groups is 1. The summed E-state index contributed by atoms with van der Waals surface area (Å²) in [6.45, 7) is 0.0243. The Balaban J connectivity index is 2.03. The Morgan fingerprint density at radius 1 is 1.44 bits per heavy atom. The molecule has 0 bridgehead atoms. The Kier molecular flexibility index (Phi) is 2.61. The molecule has 0 amide bonds. The van der Waals surface area contributed by atoms with Crippen LogP contribution in [0.4, 0.5) is 5.69 Å². The average molecular weight is 249 g/mol. The van der Waals surface area contributed by atoms with Crippen molar-refractivity contribution in [2.45, 2.75) is 25.2 Å². The van der Waals surface area contributed by atoms with Gasteiger partial charge in [0.2, 0.25) is 0 Å². The molecule has 0 unspecified atom stereocenters. The molecule has 0 saturated carbocycles. The molecule has 18 heavy (non-hydrogen) atoms. The number of rotatable bonds is 2. The maximum atomic E-state index is 9.77. The van der Waals surface area contributed by atoms with E-state index in [2.05, 4.69) is 4.98 Å². The summed E-state index contributed by atoms with van der Waals surface area (Å²) < 4.78 is 7.54. The smallest absolute Gasteiger partial charge is 0.145 e. The predicted octanol–water partition coefficient (Wildman–Crippen LogP) is 0.994. The minimum atomic E-state index is -0.159. The summed E-state index contributed by atoms with van der Waals surface area (Å²) in [6, 6.07) is 3.24. The molecule has 1 aliphatic rings. The molecule has 1 aromatic heterocycles. The maximum absolute atomic E-state index is 9.77. The summed E-state index contributed by atoms with van der Waals surface area (Å²) >= 11 is 0. The second-order valence-electron chi connectivity index (χ2n) is 4.53. The first kappa shape index (κ1) is 11.3. The molecule has 96 valence electrons. The number of aliphatic hydroxyl groups is 1. The summed E-state index contributed by atoms with van der Waals surface area (Å²) in [5.74, 6) is 0.0699. The van der Waals surface area contributed by atoms with E-state index in [0.717, 1.165) is 18.4 Å². The molecule has 0 spiro atoms. The number of aliphatic hydroxyl groups excluding tert-OH is 1. The molecular formula is C12H15N3O3. The molecule has 3 rings (SSSR count). The molecule has 2 aromatic rings. The number of nitrogen functional groups attached to an aromatic ring is 1. The average Bonchev–Trinajstić information content (AvgIpc) is 2.93. The van der Waals surface area contributed by atoms with Gasteiger partial charge in [0.25, 0.3) is 0 Å². The van der Waals surface area contributed by atoms with Crippen LogP contribution in [0.25, 0.3) is 11.0 Å². The summed E-state index contributed by atoms with van der Waals surface area (Å²) in [5.41, 5.74) is 7.47. The van der Waals surface area contributed by atoms with Crippen LogP contribution in [0.15, 0.2) is 18.5 Å². The van der Waals surface area contributed by atoms with Gasteiger partial charge in [-0.2, -0.15) is 0 Å². The Hall–Kier alpha value is -1.79. The largest absolute Gasteiger partial charge is 0.506 e. The number of nitrogens with zero attached hydrogens (tertiary/aromatic N) is 2. The zero-order chi connectivity index (χ0) is 12.7. The van der Waals surface area contributed by atoms with Gasteiger partial charge in [-0.3, -0.25) is 0 Å². The molecule has 1 saturated heterocycles. The van der Waals surface area contributed by atoms with Crippen molar-refractivity contribution in [3.05, 3.63) is 18.5 Å². The molecule has 0 radical (unpaired) electrons. The molecule has 6 nitrogen and oxygen atoms in total. The number of aromatic nitrogens is 2. The molecule has 1 fully saturated rings. The van der Waals surface area contributed by atoms with Crippen LogP contribution in [-0.2, 0) is 4.74 Å². The van der Waals surface area contributed by atoms with Gasteiger partial charge in [-0.05, 0) is 18.9 Å². The number of phenols is 1. The highest BCUT2D eigenvalue weighted by molar-refractivity contribution is 5.85. The van der Waals surface area contributed by atoms with Crippen molar-refractivity contribution >= 4 is 16.7 Å². The van der Waals surface area contributed by atoms with Crippen molar-refractivity contribution < 1.29 is 14.9 Å². The number of phenolic OH excluding ortho intramolecular Hbond substituents is 1. The van der Waals surface area contributed by atoms with Gasteiger partial charge in [0, 0.05) is 11.8 Å². The fraction of sp³-hybridized carbons (Fsp3) is 0.417. The first-order valence-corrected chi connectivity index (χ1v) is 5.90. The third kappa shape index (κ3) is 1.70. The summed E-state index contributed by atoms with van der Waals surface area (Å²) in [4.78, 5) is 4.17. The van der Waals surface area contributed by atoms with Crippen LogP contribution in [0.2, 0.25) is 0 Å². The second-order valence-corrected chi connectivity index (χ2v) is 4.53. The number of imidazole rings is 1. The highest BCUT2D eigenvalue weighted by Crippen LogP contribution is 2.33. The van der Waals surface area contributed by atoms with Crippen molar-refractivity contribution in [1.82, 2.24) is 9.55 Å². The number of anilines is 1. The summed E-state index contributed by atoms with van der Waals surface area (Å²) in [5, 5.41) is 18.8. The lowest BCUT2D eigenvalue weighted by Gasteiger charge is -2.14. The number of hydrogen-bond acceptors (Lipinski definition) is 5. The number of nitrogens with two attached hydrogens (primary N) is 1. The van der Waals surface area contributed by atoms with E-state index >= 15 is 0 Å². The van der Waals surface area contributed by atoms with E-state index in [-0.39, 0.29) is 24.7 Å². The number of ether oxygens (including phenoxy) is 1. The van der Waals surface area contributed by atoms with Gasteiger partial charge in [0.05, 0.1) is 24.6 Å². The Morgan fingerprint density at radius 2 is 2.28 bits per heavy atom. The SMILES string of the molecule is Nc1cc(O)c2ncn([C@H]3CC[C@@H](CO)O3)c2c1. The van der Waals surface area contributed by atoms with Crippen LogP contribution >= 0.6 is 0 Å². The Labute approximate surface area is 104 Å². The van der Waals surface area contributed by atoms with Crippen molar-refractivity contribution in [3.63, 3.8) is 0 Å². The van der Waals surface area contributed by atoms with Gasteiger partial charge in [-0.15, -0.1) is 0 Å². The summed E-state index contributed by atoms with van der Waals surface area (Å²) in [7, 11) is 0. The minimum absolute atomic E-state index is 0.0243. The summed E-state index contributed by atoms with van der Waals surface area (Å²) in [6.07, 6.45) is 2.98. The van der Waals surface area contributed by atoms with Gasteiger partial charge in [-0.25, -0.2) is 4.98 Å². The van der Waals surface area contributed by atoms with E-state index in [9.17, 15) is 5.11 Å². The van der Waals surface area contributed by atoms with E-state index < -0.39 is 0 Å². The highest BCUT2D eigenvalue weighted by atomic mass is 16.5. The van der Waals surface area contributed by atoms with Crippen LogP contribution in [0.1, 0.15) is 19.1 Å². The zero-order valence-electron chi connectivity index (χ0n) is 9.78. The van der Waals surface area contributed by atoms with Gasteiger partial charge >= 0.3 is 0 Å². The maximum Gasteiger partial charge on any atom is 0.145 e. The van der Waals surface area contributed by atoms with Gasteiger partial charge in [-0.1, -0.05) is 0 Å². The van der Waals surface area contributed by atoms with E-state index in [1.807, 2.05) is 4.57 Å². The molecular weight excluding hydrogens is 234 g/mol. The third-order valence-corrected chi connectivity index (χ3v) is 3.28. The van der Waals surface area contributed by atoms with Crippen LogP contribution in [0, 0.1) is 0 Å². The van der Waals surface area contributed by atoms with Crippen molar-refractivity contribution in [2.75, 3.05) is 12.3 Å². The number of hydrogen-bond donors (Lipinski definition) is 3. The van der Waals surface area contributed by atoms with Gasteiger partial charge < -0.3 is 25.3 Å². The lowest BCUT2D eigenvalue weighted by Crippen LogP contribution is -2.13. The first-order chi connectivity index (χ1) is 8.69. The van der Waals surface area contributed by atoms with Crippen LogP contribution in [0.3, 0.4) is 0 Å². The zero-order valence-corrected chi connectivity index (χ0v) is 9.78. The van der Waals surface area contributed by atoms with Crippen molar-refractivity contribution in [2.24, 2.45) is 0 Å². The number of fused-ring (bicyclic) bond motifs is 1. The Morgan fingerprint density at radius 3 is 3.00 bits per heavy atom. The van der Waals surface area contributed by atoms with E-state index in [0.29, 0.717) is 11.2 Å². The normalized spacial score (nSPS) is 23.8. The molecule has 1 aliphatic heterocycles. The van der Waals surface area contributed by atoms with Crippen LogP contribution in [0.5, 0.6) is 5.75 Å². The molecule has 2 heterocycles. The quantitative estimate of drug-likeness (QED) is 0.690. The van der Waals surface area contributed by atoms with E-state index in [4.69, 9.17) is 15.6 Å². The topological polar surface area (TPSA) is 93.5 Å². The van der Waals surface area contributed by atoms with Crippen LogP contribution in [-0.4, -0.2) is 32.5 Å². The molecule has 4 N–H and O–H groups in total. The molecule has 0 aliphatic carbocycles. The third-order valence-electron chi connectivity index (χ3n) is 3.28. The van der Waals surface area contributed by atoms with E-state index in [1.165, 1.54) is 6.07 Å². The van der Waals surface area contributed by atoms with Crippen LogP contribution < -0.4 is 5.73 Å². The highest BCUT2D eigenvalue weighted by Gasteiger charge is 2.27. The lowest BCUT2D eigenvalue weighted by molar-refractivity contribution is -0.0204. The fourth-order valence-electron chi connectivity index (χ4n) is 2.39. The molecule has 1 aromatic carbocycles. The standard InChI is InChI=1S/C12H15N3O3/c13-7-3-9-12(10(17)4-7)14-6-15(9)11-2-1-8(5-16)18-11/h3-4,6,8,11,16-17H,1-2,5,13H2/t8-,11+/m0/s1. The molecule has 6 heteroatoms. The molecule has 2 atom stereocenters. The monoisotopic (exact) mass is 249 g/mol. The fourth-order valence-corrected chi connectivity index (χ4v) is 2.39. The number of benzene rings is 1. The minimum Gasteiger partial charge on any atom is -0.506 e. The van der Waals surface area contributed by atoms with E-state index in [1.54, 1.807) is 12.4 Å². The van der Waals surface area contributed by atoms with Gasteiger partial charge in [0.15, 0.2) is 0 Å². The first-order valence-electron chi connectivity index (χ1n) is 5.90. The Bertz CT molecular complexity index is 581.